The van der Waals surface area contributed by atoms with Crippen LogP contribution < -0.4 is 10.1 Å². The molecule has 2 rings (SSSR count). The van der Waals surface area contributed by atoms with Crippen molar-refractivity contribution in [3.05, 3.63) is 63.2 Å². The summed E-state index contributed by atoms with van der Waals surface area (Å²) in [4.78, 5) is 10.6. The average Bonchev–Trinajstić information content (AvgIpc) is 2.48. The van der Waals surface area contributed by atoms with E-state index in [9.17, 15) is 10.1 Å². The smallest absolute Gasteiger partial charge is 0.311 e. The van der Waals surface area contributed by atoms with Crippen LogP contribution in [0.1, 0.15) is 16.7 Å². The van der Waals surface area contributed by atoms with Gasteiger partial charge in [0.2, 0.25) is 0 Å². The molecule has 0 spiro atoms. The van der Waals surface area contributed by atoms with Crippen LogP contribution in [0.4, 0.5) is 11.4 Å². The summed E-state index contributed by atoms with van der Waals surface area (Å²) in [6, 6.07) is 11.0. The number of hydrogen-bond donors (Lipinski definition) is 1. The molecule has 0 bridgehead atoms. The van der Waals surface area contributed by atoms with Gasteiger partial charge in [0.05, 0.1) is 12.0 Å². The maximum Gasteiger partial charge on any atom is 0.311 e. The summed E-state index contributed by atoms with van der Waals surface area (Å²) in [6.07, 6.45) is 0. The number of ether oxygens (including phenoxy) is 1. The van der Waals surface area contributed by atoms with Crippen LogP contribution in [0.25, 0.3) is 0 Å². The Morgan fingerprint density at radius 1 is 1.24 bits per heavy atom. The fourth-order valence-electron chi connectivity index (χ4n) is 2.13. The molecule has 0 radical (unpaired) electrons. The first-order valence-electron chi connectivity index (χ1n) is 6.64. The lowest BCUT2D eigenvalue weighted by Crippen LogP contribution is -2.03. The third kappa shape index (κ3) is 3.31. The number of anilines is 1. The van der Waals surface area contributed by atoms with E-state index in [2.05, 4.69) is 18.3 Å². The molecular formula is C16H18N2O3. The molecule has 5 nitrogen and oxygen atoms in total. The van der Waals surface area contributed by atoms with Gasteiger partial charge in [-0.1, -0.05) is 18.2 Å². The number of nitro benzene ring substituents is 1. The molecule has 2 aromatic rings. The minimum atomic E-state index is -0.430. The van der Waals surface area contributed by atoms with Gasteiger partial charge in [0, 0.05) is 18.3 Å². The van der Waals surface area contributed by atoms with Crippen molar-refractivity contribution in [3.8, 4) is 5.75 Å². The molecule has 0 aliphatic carbocycles. The number of methoxy groups -OCH3 is 1. The fraction of sp³-hybridized carbons (Fsp3) is 0.250. The monoisotopic (exact) mass is 286 g/mol. The van der Waals surface area contributed by atoms with Crippen molar-refractivity contribution in [1.82, 2.24) is 0 Å². The van der Waals surface area contributed by atoms with Gasteiger partial charge in [-0.2, -0.15) is 0 Å². The number of hydrogen-bond acceptors (Lipinski definition) is 4. The number of aryl methyl sites for hydroxylation is 1. The molecule has 2 aromatic carbocycles. The lowest BCUT2D eigenvalue weighted by Gasteiger charge is -2.12. The lowest BCUT2D eigenvalue weighted by atomic mass is 10.1. The number of nitro groups is 1. The van der Waals surface area contributed by atoms with Crippen LogP contribution in [0.15, 0.2) is 36.4 Å². The molecule has 0 aliphatic rings. The zero-order valence-electron chi connectivity index (χ0n) is 12.3. The zero-order chi connectivity index (χ0) is 15.4. The molecule has 0 amide bonds. The van der Waals surface area contributed by atoms with Crippen molar-refractivity contribution in [2.24, 2.45) is 0 Å². The maximum absolute atomic E-state index is 11.0. The normalized spacial score (nSPS) is 10.2. The Balaban J connectivity index is 2.19. The summed E-state index contributed by atoms with van der Waals surface area (Å²) in [6.45, 7) is 4.63. The fourth-order valence-corrected chi connectivity index (χ4v) is 2.13. The molecule has 21 heavy (non-hydrogen) atoms. The standard InChI is InChI=1S/C16H18N2O3/c1-11-5-4-6-14(12(11)2)17-10-13-7-8-16(21-3)15(9-13)18(19)20/h4-9,17H,10H2,1-3H3. The molecule has 0 aromatic heterocycles. The second-order valence-electron chi connectivity index (χ2n) is 4.86. The van der Waals surface area contributed by atoms with E-state index in [4.69, 9.17) is 4.74 Å². The Bertz CT molecular complexity index is 669. The SMILES string of the molecule is COc1ccc(CNc2cccc(C)c2C)cc1[N+](=O)[O-]. The first-order chi connectivity index (χ1) is 10.0. The maximum atomic E-state index is 11.0. The molecule has 1 N–H and O–H groups in total. The summed E-state index contributed by atoms with van der Waals surface area (Å²) < 4.78 is 5.00. The number of rotatable bonds is 5. The van der Waals surface area contributed by atoms with E-state index in [1.807, 2.05) is 25.1 Å². The van der Waals surface area contributed by atoms with Gasteiger partial charge >= 0.3 is 5.69 Å². The molecule has 0 atom stereocenters. The Morgan fingerprint density at radius 3 is 2.67 bits per heavy atom. The van der Waals surface area contributed by atoms with Gasteiger partial charge in [-0.3, -0.25) is 10.1 Å². The van der Waals surface area contributed by atoms with Gasteiger partial charge in [-0.25, -0.2) is 0 Å². The highest BCUT2D eigenvalue weighted by molar-refractivity contribution is 5.55. The molecular weight excluding hydrogens is 268 g/mol. The highest BCUT2D eigenvalue weighted by Crippen LogP contribution is 2.28. The largest absolute Gasteiger partial charge is 0.490 e. The minimum absolute atomic E-state index is 0.0160. The van der Waals surface area contributed by atoms with Gasteiger partial charge in [-0.05, 0) is 42.7 Å². The second kappa shape index (κ2) is 6.26. The van der Waals surface area contributed by atoms with Gasteiger partial charge in [0.15, 0.2) is 5.75 Å². The number of nitrogens with zero attached hydrogens (tertiary/aromatic N) is 1. The topological polar surface area (TPSA) is 64.4 Å². The van der Waals surface area contributed by atoms with Gasteiger partial charge in [0.25, 0.3) is 0 Å². The average molecular weight is 286 g/mol. The predicted octanol–water partition coefficient (Wildman–Crippen LogP) is 3.83. The Labute approximate surface area is 123 Å². The van der Waals surface area contributed by atoms with E-state index >= 15 is 0 Å². The van der Waals surface area contributed by atoms with Crippen LogP contribution in [0.5, 0.6) is 5.75 Å². The van der Waals surface area contributed by atoms with E-state index in [1.165, 1.54) is 24.3 Å². The van der Waals surface area contributed by atoms with Crippen molar-refractivity contribution in [1.29, 1.82) is 0 Å². The first-order valence-corrected chi connectivity index (χ1v) is 6.64. The number of benzene rings is 2. The highest BCUT2D eigenvalue weighted by atomic mass is 16.6. The van der Waals surface area contributed by atoms with E-state index < -0.39 is 4.92 Å². The quantitative estimate of drug-likeness (QED) is 0.670. The van der Waals surface area contributed by atoms with Crippen LogP contribution >= 0.6 is 0 Å². The van der Waals surface area contributed by atoms with Gasteiger partial charge < -0.3 is 10.1 Å². The van der Waals surface area contributed by atoms with Crippen LogP contribution in [-0.4, -0.2) is 12.0 Å². The third-order valence-corrected chi connectivity index (χ3v) is 3.53. The van der Waals surface area contributed by atoms with Crippen molar-refractivity contribution < 1.29 is 9.66 Å². The molecule has 0 heterocycles. The summed E-state index contributed by atoms with van der Waals surface area (Å²) >= 11 is 0. The Hall–Kier alpha value is -2.56. The van der Waals surface area contributed by atoms with E-state index in [1.54, 1.807) is 6.07 Å². The highest BCUT2D eigenvalue weighted by Gasteiger charge is 2.15. The second-order valence-corrected chi connectivity index (χ2v) is 4.86. The van der Waals surface area contributed by atoms with Crippen molar-refractivity contribution in [2.75, 3.05) is 12.4 Å². The third-order valence-electron chi connectivity index (χ3n) is 3.53. The van der Waals surface area contributed by atoms with Crippen molar-refractivity contribution in [2.45, 2.75) is 20.4 Å². The molecule has 0 unspecified atom stereocenters. The van der Waals surface area contributed by atoms with Crippen LogP contribution in [0.3, 0.4) is 0 Å². The number of nitrogens with one attached hydrogen (secondary N) is 1. The molecule has 0 saturated carbocycles. The molecule has 0 aliphatic heterocycles. The molecule has 110 valence electrons. The van der Waals surface area contributed by atoms with E-state index in [-0.39, 0.29) is 11.4 Å². The summed E-state index contributed by atoms with van der Waals surface area (Å²) in [5.41, 5.74) is 4.25. The lowest BCUT2D eigenvalue weighted by molar-refractivity contribution is -0.385. The van der Waals surface area contributed by atoms with Crippen LogP contribution in [0.2, 0.25) is 0 Å². The molecule has 0 saturated heterocycles. The summed E-state index contributed by atoms with van der Waals surface area (Å²) in [5.74, 6) is 0.274. The predicted molar refractivity (Wildman–Crippen MR) is 82.9 cm³/mol. The summed E-state index contributed by atoms with van der Waals surface area (Å²) in [5, 5.41) is 14.3. The zero-order valence-corrected chi connectivity index (χ0v) is 12.3. The Morgan fingerprint density at radius 2 is 2.00 bits per heavy atom. The molecule has 0 fully saturated rings. The van der Waals surface area contributed by atoms with Crippen molar-refractivity contribution >= 4 is 11.4 Å². The van der Waals surface area contributed by atoms with Crippen LogP contribution in [0, 0.1) is 24.0 Å². The Kier molecular flexibility index (Phi) is 4.42. The van der Waals surface area contributed by atoms with E-state index in [0.29, 0.717) is 6.54 Å². The minimum Gasteiger partial charge on any atom is -0.490 e. The van der Waals surface area contributed by atoms with Gasteiger partial charge in [-0.15, -0.1) is 0 Å². The van der Waals surface area contributed by atoms with E-state index in [0.717, 1.165) is 11.3 Å². The van der Waals surface area contributed by atoms with Crippen molar-refractivity contribution in [3.63, 3.8) is 0 Å². The molecule has 5 heteroatoms. The van der Waals surface area contributed by atoms with Gasteiger partial charge in [0.1, 0.15) is 0 Å². The summed E-state index contributed by atoms with van der Waals surface area (Å²) in [7, 11) is 1.43. The first kappa shape index (κ1) is 14.8. The van der Waals surface area contributed by atoms with Crippen LogP contribution in [-0.2, 0) is 6.54 Å².